The van der Waals surface area contributed by atoms with Gasteiger partial charge in [0.2, 0.25) is 5.91 Å². The van der Waals surface area contributed by atoms with Crippen molar-refractivity contribution in [1.29, 1.82) is 0 Å². The molecule has 2 saturated heterocycles. The summed E-state index contributed by atoms with van der Waals surface area (Å²) in [4.78, 5) is 14.1. The van der Waals surface area contributed by atoms with Gasteiger partial charge in [-0.25, -0.2) is 0 Å². The van der Waals surface area contributed by atoms with Gasteiger partial charge in [0.1, 0.15) is 0 Å². The number of ether oxygens (including phenoxy) is 1. The van der Waals surface area contributed by atoms with E-state index in [1.165, 1.54) is 0 Å². The van der Waals surface area contributed by atoms with Crippen molar-refractivity contribution in [2.75, 3.05) is 39.4 Å². The number of carbonyl (C=O) groups is 1. The third-order valence-electron chi connectivity index (χ3n) is 3.22. The number of nitrogens with two attached hydrogens (primary N) is 1. The molecule has 2 aliphatic rings. The summed E-state index contributed by atoms with van der Waals surface area (Å²) in [6.45, 7) is 4.51. The standard InChI is InChI=1S/C10H19N3O2/c11-10(1-7-15-8-2-10)9(14)13-5-3-12-4-6-13/h12H,1-8,11H2. The molecule has 15 heavy (non-hydrogen) atoms. The Bertz CT molecular complexity index is 233. The summed E-state index contributed by atoms with van der Waals surface area (Å²) >= 11 is 0. The van der Waals surface area contributed by atoms with Gasteiger partial charge in [-0.3, -0.25) is 4.79 Å². The van der Waals surface area contributed by atoms with E-state index in [1.807, 2.05) is 4.90 Å². The van der Waals surface area contributed by atoms with Crippen LogP contribution in [0.25, 0.3) is 0 Å². The van der Waals surface area contributed by atoms with Crippen LogP contribution < -0.4 is 11.1 Å². The van der Waals surface area contributed by atoms with Crippen molar-refractivity contribution in [2.45, 2.75) is 18.4 Å². The monoisotopic (exact) mass is 213 g/mol. The second kappa shape index (κ2) is 4.47. The molecule has 0 aromatic heterocycles. The molecule has 0 radical (unpaired) electrons. The van der Waals surface area contributed by atoms with Crippen LogP contribution in [0.5, 0.6) is 0 Å². The zero-order valence-corrected chi connectivity index (χ0v) is 9.00. The second-order valence-corrected chi connectivity index (χ2v) is 4.31. The Labute approximate surface area is 89.9 Å². The van der Waals surface area contributed by atoms with Crippen molar-refractivity contribution in [2.24, 2.45) is 5.73 Å². The molecule has 2 aliphatic heterocycles. The highest BCUT2D eigenvalue weighted by Crippen LogP contribution is 2.20. The predicted octanol–water partition coefficient (Wildman–Crippen LogP) is -1.07. The van der Waals surface area contributed by atoms with Crippen LogP contribution in [0, 0.1) is 0 Å². The van der Waals surface area contributed by atoms with E-state index in [0.717, 1.165) is 26.2 Å². The molecule has 86 valence electrons. The van der Waals surface area contributed by atoms with Crippen LogP contribution in [-0.2, 0) is 9.53 Å². The Hall–Kier alpha value is -0.650. The summed E-state index contributed by atoms with van der Waals surface area (Å²) in [6, 6.07) is 0. The zero-order chi connectivity index (χ0) is 10.7. The normalized spacial score (nSPS) is 26.3. The van der Waals surface area contributed by atoms with E-state index in [9.17, 15) is 4.79 Å². The Kier molecular flexibility index (Phi) is 3.23. The van der Waals surface area contributed by atoms with E-state index < -0.39 is 5.54 Å². The lowest BCUT2D eigenvalue weighted by molar-refractivity contribution is -0.141. The molecule has 0 spiro atoms. The zero-order valence-electron chi connectivity index (χ0n) is 9.00. The van der Waals surface area contributed by atoms with Gasteiger partial charge in [-0.1, -0.05) is 0 Å². The summed E-state index contributed by atoms with van der Waals surface area (Å²) in [5, 5.41) is 3.23. The van der Waals surface area contributed by atoms with Crippen molar-refractivity contribution >= 4 is 5.91 Å². The SMILES string of the molecule is NC1(C(=O)N2CCNCC2)CCOCC1. The second-order valence-electron chi connectivity index (χ2n) is 4.31. The maximum Gasteiger partial charge on any atom is 0.242 e. The molecular formula is C10H19N3O2. The summed E-state index contributed by atoms with van der Waals surface area (Å²) in [5.41, 5.74) is 5.47. The van der Waals surface area contributed by atoms with Gasteiger partial charge in [0.05, 0.1) is 5.54 Å². The van der Waals surface area contributed by atoms with E-state index in [1.54, 1.807) is 0 Å². The van der Waals surface area contributed by atoms with Crippen molar-refractivity contribution in [3.05, 3.63) is 0 Å². The quantitative estimate of drug-likeness (QED) is 0.582. The number of nitrogens with one attached hydrogen (secondary N) is 1. The first-order valence-electron chi connectivity index (χ1n) is 5.59. The maximum absolute atomic E-state index is 12.2. The van der Waals surface area contributed by atoms with Gasteiger partial charge in [0.15, 0.2) is 0 Å². The van der Waals surface area contributed by atoms with Crippen LogP contribution in [0.3, 0.4) is 0 Å². The smallest absolute Gasteiger partial charge is 0.242 e. The van der Waals surface area contributed by atoms with E-state index in [-0.39, 0.29) is 5.91 Å². The summed E-state index contributed by atoms with van der Waals surface area (Å²) in [5.74, 6) is 0.104. The van der Waals surface area contributed by atoms with Gasteiger partial charge in [0, 0.05) is 39.4 Å². The third kappa shape index (κ3) is 2.30. The van der Waals surface area contributed by atoms with Crippen LogP contribution in [0.1, 0.15) is 12.8 Å². The van der Waals surface area contributed by atoms with Crippen LogP contribution in [0.4, 0.5) is 0 Å². The minimum absolute atomic E-state index is 0.104. The van der Waals surface area contributed by atoms with Crippen LogP contribution in [0.2, 0.25) is 0 Å². The molecule has 0 aromatic rings. The molecule has 0 unspecified atom stereocenters. The number of rotatable bonds is 1. The van der Waals surface area contributed by atoms with Gasteiger partial charge in [-0.15, -0.1) is 0 Å². The average molecular weight is 213 g/mol. The highest BCUT2D eigenvalue weighted by molar-refractivity contribution is 5.86. The van der Waals surface area contributed by atoms with Crippen molar-refractivity contribution < 1.29 is 9.53 Å². The number of nitrogens with zero attached hydrogens (tertiary/aromatic N) is 1. The largest absolute Gasteiger partial charge is 0.381 e. The number of hydrogen-bond acceptors (Lipinski definition) is 4. The predicted molar refractivity (Wildman–Crippen MR) is 56.4 cm³/mol. The van der Waals surface area contributed by atoms with Gasteiger partial charge in [-0.05, 0) is 12.8 Å². The summed E-state index contributed by atoms with van der Waals surface area (Å²) in [6.07, 6.45) is 1.30. The fraction of sp³-hybridized carbons (Fsp3) is 0.900. The number of carbonyl (C=O) groups excluding carboxylic acids is 1. The van der Waals surface area contributed by atoms with Crippen LogP contribution in [0.15, 0.2) is 0 Å². The van der Waals surface area contributed by atoms with Gasteiger partial charge in [0.25, 0.3) is 0 Å². The Morgan fingerprint density at radius 1 is 1.27 bits per heavy atom. The van der Waals surface area contributed by atoms with Gasteiger partial charge < -0.3 is 20.7 Å². The molecule has 0 aliphatic carbocycles. The molecule has 2 fully saturated rings. The molecule has 2 rings (SSSR count). The van der Waals surface area contributed by atoms with Crippen molar-refractivity contribution in [1.82, 2.24) is 10.2 Å². The molecular weight excluding hydrogens is 194 g/mol. The summed E-state index contributed by atoms with van der Waals surface area (Å²) < 4.78 is 5.24. The van der Waals surface area contributed by atoms with Crippen LogP contribution >= 0.6 is 0 Å². The average Bonchev–Trinajstić information content (AvgIpc) is 2.30. The lowest BCUT2D eigenvalue weighted by Gasteiger charge is -2.38. The number of amides is 1. The van der Waals surface area contributed by atoms with Gasteiger partial charge >= 0.3 is 0 Å². The third-order valence-corrected chi connectivity index (χ3v) is 3.22. The van der Waals surface area contributed by atoms with Gasteiger partial charge in [-0.2, -0.15) is 0 Å². The Morgan fingerprint density at radius 3 is 2.47 bits per heavy atom. The molecule has 0 atom stereocenters. The molecule has 0 bridgehead atoms. The van der Waals surface area contributed by atoms with E-state index in [0.29, 0.717) is 26.1 Å². The topological polar surface area (TPSA) is 67.6 Å². The first-order chi connectivity index (χ1) is 7.22. The van der Waals surface area contributed by atoms with Crippen molar-refractivity contribution in [3.8, 4) is 0 Å². The fourth-order valence-electron chi connectivity index (χ4n) is 2.13. The number of hydrogen-bond donors (Lipinski definition) is 2. The lowest BCUT2D eigenvalue weighted by atomic mass is 9.89. The fourth-order valence-corrected chi connectivity index (χ4v) is 2.13. The minimum atomic E-state index is -0.671. The minimum Gasteiger partial charge on any atom is -0.381 e. The van der Waals surface area contributed by atoms with Crippen LogP contribution in [-0.4, -0.2) is 55.7 Å². The molecule has 5 nitrogen and oxygen atoms in total. The molecule has 2 heterocycles. The lowest BCUT2D eigenvalue weighted by Crippen LogP contribution is -2.60. The van der Waals surface area contributed by atoms with E-state index in [4.69, 9.17) is 10.5 Å². The first-order valence-corrected chi connectivity index (χ1v) is 5.59. The number of piperazine rings is 1. The maximum atomic E-state index is 12.2. The molecule has 1 amide bonds. The molecule has 3 N–H and O–H groups in total. The Morgan fingerprint density at radius 2 is 1.87 bits per heavy atom. The van der Waals surface area contributed by atoms with E-state index >= 15 is 0 Å². The summed E-state index contributed by atoms with van der Waals surface area (Å²) in [7, 11) is 0. The van der Waals surface area contributed by atoms with E-state index in [2.05, 4.69) is 5.32 Å². The highest BCUT2D eigenvalue weighted by Gasteiger charge is 2.38. The first kappa shape index (κ1) is 10.9. The Balaban J connectivity index is 1.98. The molecule has 0 saturated carbocycles. The highest BCUT2D eigenvalue weighted by atomic mass is 16.5. The molecule has 0 aromatic carbocycles. The molecule has 5 heteroatoms. The van der Waals surface area contributed by atoms with Crippen molar-refractivity contribution in [3.63, 3.8) is 0 Å².